The molecular formula is C25H24N6O2. The van der Waals surface area contributed by atoms with Crippen molar-refractivity contribution < 1.29 is 9.59 Å². The summed E-state index contributed by atoms with van der Waals surface area (Å²) in [6.07, 6.45) is 4.59. The molecule has 1 aliphatic rings. The number of carbonyl (C=O) groups is 2. The zero-order valence-electron chi connectivity index (χ0n) is 18.2. The summed E-state index contributed by atoms with van der Waals surface area (Å²) in [6, 6.07) is 15.7. The summed E-state index contributed by atoms with van der Waals surface area (Å²) in [5, 5.41) is 4.35. The number of hydrogen-bond donors (Lipinski definition) is 3. The van der Waals surface area contributed by atoms with E-state index in [9.17, 15) is 9.59 Å². The Morgan fingerprint density at radius 1 is 0.879 bits per heavy atom. The Bertz CT molecular complexity index is 1480. The van der Waals surface area contributed by atoms with Crippen molar-refractivity contribution in [2.75, 3.05) is 6.54 Å². The number of imide groups is 1. The van der Waals surface area contributed by atoms with Crippen LogP contribution in [0.15, 0.2) is 65.9 Å². The fourth-order valence-electron chi connectivity index (χ4n) is 4.59. The number of para-hydroxylation sites is 2. The predicted octanol–water partition coefficient (Wildman–Crippen LogP) is 2.36. The van der Waals surface area contributed by atoms with E-state index < -0.39 is 0 Å². The second-order valence-electron chi connectivity index (χ2n) is 8.12. The lowest BCUT2D eigenvalue weighted by Crippen LogP contribution is -2.23. The van der Waals surface area contributed by atoms with Crippen LogP contribution in [0.4, 0.5) is 0 Å². The minimum atomic E-state index is -0.383. The normalized spacial score (nSPS) is 13.8. The molecule has 8 heteroatoms. The number of rotatable bonds is 6. The quantitative estimate of drug-likeness (QED) is 0.184. The van der Waals surface area contributed by atoms with Crippen LogP contribution in [0.3, 0.4) is 0 Å². The van der Waals surface area contributed by atoms with E-state index in [-0.39, 0.29) is 17.8 Å². The van der Waals surface area contributed by atoms with Crippen LogP contribution in [0, 0.1) is 0 Å². The molecule has 0 aliphatic carbocycles. The van der Waals surface area contributed by atoms with Crippen LogP contribution in [0.5, 0.6) is 0 Å². The molecule has 5 N–H and O–H groups in total. The van der Waals surface area contributed by atoms with Gasteiger partial charge in [-0.25, -0.2) is 0 Å². The van der Waals surface area contributed by atoms with E-state index in [1.54, 1.807) is 0 Å². The monoisotopic (exact) mass is 440 g/mol. The molecule has 5 rings (SSSR count). The van der Waals surface area contributed by atoms with Gasteiger partial charge in [0.1, 0.15) is 0 Å². The number of hydrogen-bond acceptors (Lipinski definition) is 3. The number of aliphatic imine (C=N–C) groups is 1. The molecule has 0 atom stereocenters. The van der Waals surface area contributed by atoms with Gasteiger partial charge in [0, 0.05) is 65.5 Å². The van der Waals surface area contributed by atoms with Crippen LogP contribution in [0.1, 0.15) is 17.5 Å². The highest BCUT2D eigenvalue weighted by Gasteiger charge is 2.35. The van der Waals surface area contributed by atoms with Crippen molar-refractivity contribution in [3.63, 3.8) is 0 Å². The second kappa shape index (κ2) is 7.98. The minimum absolute atomic E-state index is 0.0686. The maximum Gasteiger partial charge on any atom is 0.259 e. The van der Waals surface area contributed by atoms with E-state index >= 15 is 0 Å². The Hall–Kier alpha value is -4.33. The third-order valence-corrected chi connectivity index (χ3v) is 6.01. The highest BCUT2D eigenvalue weighted by atomic mass is 16.2. The predicted molar refractivity (Wildman–Crippen MR) is 130 cm³/mol. The number of amides is 2. The third kappa shape index (κ3) is 3.45. The van der Waals surface area contributed by atoms with Gasteiger partial charge in [0.15, 0.2) is 5.96 Å². The van der Waals surface area contributed by atoms with Gasteiger partial charge >= 0.3 is 0 Å². The molecule has 33 heavy (non-hydrogen) atoms. The molecule has 2 amide bonds. The molecule has 1 aliphatic heterocycles. The van der Waals surface area contributed by atoms with Crippen molar-refractivity contribution in [2.24, 2.45) is 23.5 Å². The Morgan fingerprint density at radius 3 is 2.12 bits per heavy atom. The molecule has 0 fully saturated rings. The fourth-order valence-corrected chi connectivity index (χ4v) is 4.59. The number of carbonyl (C=O) groups excluding carboxylic acids is 2. The van der Waals surface area contributed by atoms with Crippen molar-refractivity contribution in [3.8, 4) is 0 Å². The maximum absolute atomic E-state index is 13.0. The number of fused-ring (bicyclic) bond motifs is 2. The van der Waals surface area contributed by atoms with Gasteiger partial charge in [-0.2, -0.15) is 0 Å². The van der Waals surface area contributed by atoms with Crippen LogP contribution in [-0.2, 0) is 23.2 Å². The zero-order chi connectivity index (χ0) is 23.1. The van der Waals surface area contributed by atoms with Gasteiger partial charge in [-0.3, -0.25) is 19.9 Å². The third-order valence-electron chi connectivity index (χ3n) is 6.01. The zero-order valence-corrected chi connectivity index (χ0v) is 18.2. The lowest BCUT2D eigenvalue weighted by atomic mass is 9.95. The summed E-state index contributed by atoms with van der Waals surface area (Å²) in [5.41, 5.74) is 15.1. The Morgan fingerprint density at radius 2 is 1.45 bits per heavy atom. The molecule has 166 valence electrons. The SMILES string of the molecule is Cn1cc(C2=C(c3cn(CCCN=C(N)N)c4ccccc34)C(=O)NC2=O)c2ccccc21. The molecule has 2 aromatic carbocycles. The van der Waals surface area contributed by atoms with Crippen molar-refractivity contribution in [2.45, 2.75) is 13.0 Å². The van der Waals surface area contributed by atoms with E-state index in [0.717, 1.165) is 39.4 Å². The Labute approximate surface area is 190 Å². The van der Waals surface area contributed by atoms with Gasteiger partial charge in [-0.1, -0.05) is 36.4 Å². The number of aryl methyl sites for hydroxylation is 2. The summed E-state index contributed by atoms with van der Waals surface area (Å²) in [4.78, 5) is 30.1. The van der Waals surface area contributed by atoms with Crippen LogP contribution >= 0.6 is 0 Å². The maximum atomic E-state index is 13.0. The molecule has 0 saturated carbocycles. The molecule has 0 unspecified atom stereocenters. The summed E-state index contributed by atoms with van der Waals surface area (Å²) in [7, 11) is 1.93. The minimum Gasteiger partial charge on any atom is -0.370 e. The van der Waals surface area contributed by atoms with Gasteiger partial charge in [-0.15, -0.1) is 0 Å². The largest absolute Gasteiger partial charge is 0.370 e. The number of guanidine groups is 1. The summed E-state index contributed by atoms with van der Waals surface area (Å²) in [6.45, 7) is 1.18. The fraction of sp³-hybridized carbons (Fsp3) is 0.160. The van der Waals surface area contributed by atoms with E-state index in [4.69, 9.17) is 11.5 Å². The number of aromatic nitrogens is 2. The number of nitrogens with two attached hydrogens (primary N) is 2. The topological polar surface area (TPSA) is 120 Å². The number of nitrogens with one attached hydrogen (secondary N) is 1. The Kier molecular flexibility index (Phi) is 4.97. The first kappa shape index (κ1) is 20.6. The van der Waals surface area contributed by atoms with Crippen molar-refractivity contribution in [1.29, 1.82) is 0 Å². The van der Waals surface area contributed by atoms with Crippen LogP contribution < -0.4 is 16.8 Å². The summed E-state index contributed by atoms with van der Waals surface area (Å²) < 4.78 is 4.05. The average Bonchev–Trinajstić information content (AvgIpc) is 3.42. The number of benzene rings is 2. The first-order chi connectivity index (χ1) is 16.0. The summed E-state index contributed by atoms with van der Waals surface area (Å²) >= 11 is 0. The lowest BCUT2D eigenvalue weighted by Gasteiger charge is -2.03. The number of nitrogens with zero attached hydrogens (tertiary/aromatic N) is 3. The van der Waals surface area contributed by atoms with Crippen LogP contribution in [0.2, 0.25) is 0 Å². The lowest BCUT2D eigenvalue weighted by molar-refractivity contribution is -0.122. The molecular weight excluding hydrogens is 416 g/mol. The molecule has 4 aromatic rings. The van der Waals surface area contributed by atoms with Crippen LogP contribution in [0.25, 0.3) is 33.0 Å². The van der Waals surface area contributed by atoms with Crippen LogP contribution in [-0.4, -0.2) is 33.5 Å². The molecule has 2 aromatic heterocycles. The average molecular weight is 441 g/mol. The van der Waals surface area contributed by atoms with Gasteiger partial charge in [0.05, 0.1) is 11.1 Å². The van der Waals surface area contributed by atoms with Crippen molar-refractivity contribution in [1.82, 2.24) is 14.5 Å². The van der Waals surface area contributed by atoms with Gasteiger partial charge in [-0.05, 0) is 18.6 Å². The highest BCUT2D eigenvalue weighted by Crippen LogP contribution is 2.38. The smallest absolute Gasteiger partial charge is 0.259 e. The molecule has 0 spiro atoms. The van der Waals surface area contributed by atoms with E-state index in [1.165, 1.54) is 0 Å². The van der Waals surface area contributed by atoms with Crippen molar-refractivity contribution in [3.05, 3.63) is 72.1 Å². The van der Waals surface area contributed by atoms with E-state index in [1.807, 2.05) is 72.5 Å². The van der Waals surface area contributed by atoms with E-state index in [2.05, 4.69) is 14.9 Å². The first-order valence-corrected chi connectivity index (χ1v) is 10.7. The molecule has 0 saturated heterocycles. The summed E-state index contributed by atoms with van der Waals surface area (Å²) in [5.74, 6) is -0.693. The van der Waals surface area contributed by atoms with Crippen molar-refractivity contribution >= 4 is 50.7 Å². The first-order valence-electron chi connectivity index (χ1n) is 10.7. The van der Waals surface area contributed by atoms with E-state index in [0.29, 0.717) is 24.2 Å². The van der Waals surface area contributed by atoms with Gasteiger partial charge in [0.2, 0.25) is 0 Å². The highest BCUT2D eigenvalue weighted by molar-refractivity contribution is 6.50. The molecule has 0 radical (unpaired) electrons. The molecule has 3 heterocycles. The van der Waals surface area contributed by atoms with Gasteiger partial charge in [0.25, 0.3) is 11.8 Å². The molecule has 0 bridgehead atoms. The standard InChI is InChI=1S/C25H24N6O2/c1-30-13-17(15-7-2-4-9-19(15)30)21-22(24(33)29-23(21)32)18-14-31(12-6-11-28-25(26)27)20-10-5-3-8-16(18)20/h2-5,7-10,13-14H,6,11-12H2,1H3,(H4,26,27,28)(H,29,32,33). The second-order valence-corrected chi connectivity index (χ2v) is 8.12. The molecule has 8 nitrogen and oxygen atoms in total. The Balaban J connectivity index is 1.69. The van der Waals surface area contributed by atoms with Gasteiger partial charge < -0.3 is 20.6 Å².